The highest BCUT2D eigenvalue weighted by molar-refractivity contribution is 5.51. The average Bonchev–Trinajstić information content (AvgIpc) is 2.19. The molecule has 0 aliphatic carbocycles. The number of rotatable bonds is 5. The maximum absolute atomic E-state index is 4.93. The maximum Gasteiger partial charge on any atom is 0.127 e. The zero-order valence-electron chi connectivity index (χ0n) is 8.00. The van der Waals surface area contributed by atoms with Gasteiger partial charge in [-0.25, -0.2) is 4.98 Å². The molecular formula is C9H15N3O. The maximum atomic E-state index is 4.93. The quantitative estimate of drug-likeness (QED) is 0.670. The predicted octanol–water partition coefficient (Wildman–Crippen LogP) is 1.18. The van der Waals surface area contributed by atoms with Crippen molar-refractivity contribution in [2.45, 2.75) is 0 Å². The molecule has 0 atom stereocenters. The highest BCUT2D eigenvalue weighted by atomic mass is 16.5. The third-order valence-electron chi connectivity index (χ3n) is 1.65. The van der Waals surface area contributed by atoms with E-state index < -0.39 is 0 Å². The van der Waals surface area contributed by atoms with Crippen molar-refractivity contribution in [1.82, 2.24) is 4.98 Å². The third-order valence-corrected chi connectivity index (χ3v) is 1.65. The van der Waals surface area contributed by atoms with E-state index in [2.05, 4.69) is 15.6 Å². The van der Waals surface area contributed by atoms with Gasteiger partial charge in [0.2, 0.25) is 0 Å². The van der Waals surface area contributed by atoms with Gasteiger partial charge in [-0.05, 0) is 6.07 Å². The minimum atomic E-state index is 0.706. The van der Waals surface area contributed by atoms with Gasteiger partial charge in [0.1, 0.15) is 5.82 Å². The van der Waals surface area contributed by atoms with Crippen molar-refractivity contribution in [2.75, 3.05) is 37.9 Å². The van der Waals surface area contributed by atoms with Crippen LogP contribution < -0.4 is 10.6 Å². The van der Waals surface area contributed by atoms with Crippen LogP contribution in [0.15, 0.2) is 18.3 Å². The molecule has 0 spiro atoms. The summed E-state index contributed by atoms with van der Waals surface area (Å²) in [6.07, 6.45) is 1.76. The van der Waals surface area contributed by atoms with Gasteiger partial charge in [-0.15, -0.1) is 0 Å². The van der Waals surface area contributed by atoms with E-state index >= 15 is 0 Å². The van der Waals surface area contributed by atoms with Crippen molar-refractivity contribution in [3.63, 3.8) is 0 Å². The predicted molar refractivity (Wildman–Crippen MR) is 54.1 cm³/mol. The normalized spacial score (nSPS) is 9.69. The number of anilines is 2. The van der Waals surface area contributed by atoms with E-state index in [-0.39, 0.29) is 0 Å². The average molecular weight is 181 g/mol. The molecule has 1 heterocycles. The second-order valence-corrected chi connectivity index (χ2v) is 2.60. The van der Waals surface area contributed by atoms with Crippen LogP contribution in [0, 0.1) is 0 Å². The number of hydrogen-bond acceptors (Lipinski definition) is 4. The van der Waals surface area contributed by atoms with Crippen LogP contribution in [-0.2, 0) is 4.74 Å². The Labute approximate surface area is 78.3 Å². The molecule has 0 unspecified atom stereocenters. The third kappa shape index (κ3) is 3.29. The highest BCUT2D eigenvalue weighted by Crippen LogP contribution is 2.10. The minimum Gasteiger partial charge on any atom is -0.383 e. The van der Waals surface area contributed by atoms with Crippen LogP contribution in [0.3, 0.4) is 0 Å². The number of aromatic nitrogens is 1. The lowest BCUT2D eigenvalue weighted by Gasteiger charge is -2.06. The molecule has 0 bridgehead atoms. The number of methoxy groups -OCH3 is 1. The van der Waals surface area contributed by atoms with E-state index in [1.54, 1.807) is 13.3 Å². The summed E-state index contributed by atoms with van der Waals surface area (Å²) in [5.41, 5.74) is 1.05. The second kappa shape index (κ2) is 5.37. The molecule has 4 heteroatoms. The zero-order chi connectivity index (χ0) is 9.52. The van der Waals surface area contributed by atoms with E-state index in [0.717, 1.165) is 18.1 Å². The lowest BCUT2D eigenvalue weighted by Crippen LogP contribution is -2.07. The molecular weight excluding hydrogens is 166 g/mol. The van der Waals surface area contributed by atoms with Crippen LogP contribution in [0.25, 0.3) is 0 Å². The Bertz CT molecular complexity index is 252. The monoisotopic (exact) mass is 181 g/mol. The Kier molecular flexibility index (Phi) is 4.05. The van der Waals surface area contributed by atoms with Crippen LogP contribution in [0.5, 0.6) is 0 Å². The van der Waals surface area contributed by atoms with E-state index in [0.29, 0.717) is 6.61 Å². The molecule has 1 rings (SSSR count). The minimum absolute atomic E-state index is 0.706. The molecule has 72 valence electrons. The van der Waals surface area contributed by atoms with Gasteiger partial charge < -0.3 is 15.4 Å². The SMILES string of the molecule is CNc1cc(NCCOC)ccn1. The molecule has 0 amide bonds. The van der Waals surface area contributed by atoms with Gasteiger partial charge in [-0.3, -0.25) is 0 Å². The van der Waals surface area contributed by atoms with Crippen LogP contribution in [0.2, 0.25) is 0 Å². The van der Waals surface area contributed by atoms with Gasteiger partial charge in [0.25, 0.3) is 0 Å². The van der Waals surface area contributed by atoms with E-state index in [4.69, 9.17) is 4.74 Å². The molecule has 0 fully saturated rings. The van der Waals surface area contributed by atoms with Crippen molar-refractivity contribution in [3.8, 4) is 0 Å². The molecule has 2 N–H and O–H groups in total. The van der Waals surface area contributed by atoms with Crippen LogP contribution in [0.4, 0.5) is 11.5 Å². The second-order valence-electron chi connectivity index (χ2n) is 2.60. The summed E-state index contributed by atoms with van der Waals surface area (Å²) in [6, 6.07) is 3.88. The van der Waals surface area contributed by atoms with Gasteiger partial charge in [0, 0.05) is 38.7 Å². The topological polar surface area (TPSA) is 46.2 Å². The Morgan fingerprint density at radius 3 is 3.08 bits per heavy atom. The fraction of sp³-hybridized carbons (Fsp3) is 0.444. The van der Waals surface area contributed by atoms with Crippen molar-refractivity contribution in [1.29, 1.82) is 0 Å². The molecule has 13 heavy (non-hydrogen) atoms. The summed E-state index contributed by atoms with van der Waals surface area (Å²) in [7, 11) is 3.54. The molecule has 0 aliphatic rings. The van der Waals surface area contributed by atoms with Crippen LogP contribution in [-0.4, -0.2) is 32.3 Å². The number of pyridine rings is 1. The van der Waals surface area contributed by atoms with Crippen LogP contribution in [0.1, 0.15) is 0 Å². The molecule has 0 saturated carbocycles. The summed E-state index contributed by atoms with van der Waals surface area (Å²) < 4.78 is 4.93. The first-order valence-electron chi connectivity index (χ1n) is 4.23. The van der Waals surface area contributed by atoms with Crippen molar-refractivity contribution in [3.05, 3.63) is 18.3 Å². The summed E-state index contributed by atoms with van der Waals surface area (Å²) in [5, 5.41) is 6.19. The van der Waals surface area contributed by atoms with Gasteiger partial charge >= 0.3 is 0 Å². The molecule has 1 aromatic rings. The molecule has 4 nitrogen and oxygen atoms in total. The standard InChI is InChI=1S/C9H15N3O/c1-10-9-7-8(3-4-12-9)11-5-6-13-2/h3-4,7H,5-6H2,1-2H3,(H2,10,11,12). The van der Waals surface area contributed by atoms with Crippen molar-refractivity contribution >= 4 is 11.5 Å². The van der Waals surface area contributed by atoms with Gasteiger partial charge in [0.05, 0.1) is 6.61 Å². The number of hydrogen-bond donors (Lipinski definition) is 2. The molecule has 0 aromatic carbocycles. The van der Waals surface area contributed by atoms with Gasteiger partial charge in [0.15, 0.2) is 0 Å². The first kappa shape index (κ1) is 9.80. The van der Waals surface area contributed by atoms with E-state index in [1.807, 2.05) is 19.2 Å². The van der Waals surface area contributed by atoms with Crippen molar-refractivity contribution < 1.29 is 4.74 Å². The summed E-state index contributed by atoms with van der Waals surface area (Å²) >= 11 is 0. The molecule has 0 saturated heterocycles. The molecule has 1 aromatic heterocycles. The lowest BCUT2D eigenvalue weighted by molar-refractivity contribution is 0.211. The van der Waals surface area contributed by atoms with E-state index in [9.17, 15) is 0 Å². The molecule has 0 radical (unpaired) electrons. The Morgan fingerprint density at radius 2 is 2.38 bits per heavy atom. The van der Waals surface area contributed by atoms with E-state index in [1.165, 1.54) is 0 Å². The first-order chi connectivity index (χ1) is 6.36. The van der Waals surface area contributed by atoms with Crippen LogP contribution >= 0.6 is 0 Å². The Morgan fingerprint density at radius 1 is 1.54 bits per heavy atom. The van der Waals surface area contributed by atoms with Gasteiger partial charge in [-0.1, -0.05) is 0 Å². The fourth-order valence-corrected chi connectivity index (χ4v) is 0.975. The highest BCUT2D eigenvalue weighted by Gasteiger charge is 1.93. The Hall–Kier alpha value is -1.29. The fourth-order valence-electron chi connectivity index (χ4n) is 0.975. The number of ether oxygens (including phenoxy) is 1. The number of nitrogens with zero attached hydrogens (tertiary/aromatic N) is 1. The first-order valence-corrected chi connectivity index (χ1v) is 4.23. The summed E-state index contributed by atoms with van der Waals surface area (Å²) in [5.74, 6) is 0.863. The van der Waals surface area contributed by atoms with Crippen molar-refractivity contribution in [2.24, 2.45) is 0 Å². The molecule has 0 aliphatic heterocycles. The number of nitrogens with one attached hydrogen (secondary N) is 2. The summed E-state index contributed by atoms with van der Waals surface area (Å²) in [4.78, 5) is 4.10. The van der Waals surface area contributed by atoms with Gasteiger partial charge in [-0.2, -0.15) is 0 Å². The summed E-state index contributed by atoms with van der Waals surface area (Å²) in [6.45, 7) is 1.51. The smallest absolute Gasteiger partial charge is 0.127 e. The lowest BCUT2D eigenvalue weighted by atomic mass is 10.4. The largest absolute Gasteiger partial charge is 0.383 e. The Balaban J connectivity index is 2.46. The zero-order valence-corrected chi connectivity index (χ0v) is 8.00.